The van der Waals surface area contributed by atoms with Gasteiger partial charge in [0, 0.05) is 11.6 Å². The molecule has 0 amide bonds. The van der Waals surface area contributed by atoms with Crippen LogP contribution < -0.4 is 0 Å². The minimum atomic E-state index is 0.555. The third kappa shape index (κ3) is 2.57. The van der Waals surface area contributed by atoms with Crippen molar-refractivity contribution >= 4 is 10.9 Å². The van der Waals surface area contributed by atoms with E-state index >= 15 is 0 Å². The van der Waals surface area contributed by atoms with Crippen molar-refractivity contribution in [3.05, 3.63) is 77.5 Å². The second-order valence-electron chi connectivity index (χ2n) is 5.57. The highest BCUT2D eigenvalue weighted by Crippen LogP contribution is 2.22. The van der Waals surface area contributed by atoms with Crippen molar-refractivity contribution in [1.82, 2.24) is 4.98 Å². The number of rotatable bonds is 3. The Bertz CT molecular complexity index is 728. The Morgan fingerprint density at radius 2 is 1.70 bits per heavy atom. The number of hydrogen-bond donors (Lipinski definition) is 0. The zero-order valence-corrected chi connectivity index (χ0v) is 12.0. The number of aromatic nitrogens is 1. The lowest BCUT2D eigenvalue weighted by Gasteiger charge is -2.12. The number of fused-ring (bicyclic) bond motifs is 1. The lowest BCUT2D eigenvalue weighted by molar-refractivity contribution is 0.848. The molecule has 0 radical (unpaired) electrons. The summed E-state index contributed by atoms with van der Waals surface area (Å²) in [4.78, 5) is 4.55. The van der Waals surface area contributed by atoms with Crippen molar-refractivity contribution < 1.29 is 0 Å². The first kappa shape index (κ1) is 12.9. The summed E-state index contributed by atoms with van der Waals surface area (Å²) in [5.74, 6) is 0.555. The Balaban J connectivity index is 1.97. The highest BCUT2D eigenvalue weighted by atomic mass is 14.6. The van der Waals surface area contributed by atoms with Gasteiger partial charge in [-0.15, -0.1) is 0 Å². The van der Waals surface area contributed by atoms with E-state index in [1.807, 2.05) is 12.3 Å². The molecule has 1 nitrogen and oxygen atoms in total. The number of para-hydroxylation sites is 1. The van der Waals surface area contributed by atoms with E-state index in [1.165, 1.54) is 22.1 Å². The minimum absolute atomic E-state index is 0.555. The zero-order valence-electron chi connectivity index (χ0n) is 12.0. The maximum atomic E-state index is 4.55. The van der Waals surface area contributed by atoms with Gasteiger partial charge in [-0.25, -0.2) is 0 Å². The van der Waals surface area contributed by atoms with E-state index in [4.69, 9.17) is 0 Å². The molecule has 0 saturated heterocycles. The Morgan fingerprint density at radius 1 is 0.950 bits per heavy atom. The summed E-state index contributed by atoms with van der Waals surface area (Å²) in [7, 11) is 0. The van der Waals surface area contributed by atoms with E-state index in [0.717, 1.165) is 11.9 Å². The van der Waals surface area contributed by atoms with Gasteiger partial charge in [0.05, 0.1) is 5.52 Å². The molecule has 0 aliphatic rings. The van der Waals surface area contributed by atoms with Crippen LogP contribution in [0.15, 0.2) is 60.8 Å². The van der Waals surface area contributed by atoms with Crippen LogP contribution in [0.3, 0.4) is 0 Å². The van der Waals surface area contributed by atoms with Crippen LogP contribution in [-0.4, -0.2) is 4.98 Å². The average molecular weight is 261 g/mol. The van der Waals surface area contributed by atoms with Gasteiger partial charge in [-0.1, -0.05) is 56.3 Å². The van der Waals surface area contributed by atoms with Crippen LogP contribution in [0.2, 0.25) is 0 Å². The van der Waals surface area contributed by atoms with E-state index < -0.39 is 0 Å². The standard InChI is InChI=1S/C19H19N/c1-14(2)18-9-5-3-7-16(18)11-15-12-17-8-4-6-10-19(17)20-13-15/h3-10,12-14H,11H2,1-2H3. The van der Waals surface area contributed by atoms with Crippen LogP contribution in [0.5, 0.6) is 0 Å². The molecule has 0 saturated carbocycles. The monoisotopic (exact) mass is 261 g/mol. The molecular formula is C19H19N. The molecule has 3 rings (SSSR count). The van der Waals surface area contributed by atoms with Crippen molar-refractivity contribution in [3.63, 3.8) is 0 Å². The quantitative estimate of drug-likeness (QED) is 0.650. The van der Waals surface area contributed by atoms with Gasteiger partial charge in [0.1, 0.15) is 0 Å². The Morgan fingerprint density at radius 3 is 2.55 bits per heavy atom. The van der Waals surface area contributed by atoms with Gasteiger partial charge in [0.15, 0.2) is 0 Å². The molecule has 20 heavy (non-hydrogen) atoms. The molecule has 0 unspecified atom stereocenters. The molecule has 1 heterocycles. The predicted octanol–water partition coefficient (Wildman–Crippen LogP) is 4.95. The Hall–Kier alpha value is -2.15. The maximum absolute atomic E-state index is 4.55. The lowest BCUT2D eigenvalue weighted by atomic mass is 9.93. The highest BCUT2D eigenvalue weighted by molar-refractivity contribution is 5.78. The molecule has 1 aromatic heterocycles. The molecule has 0 aliphatic heterocycles. The number of pyridine rings is 1. The SMILES string of the molecule is CC(C)c1ccccc1Cc1cnc2ccccc2c1. The lowest BCUT2D eigenvalue weighted by Crippen LogP contribution is -1.98. The predicted molar refractivity (Wildman–Crippen MR) is 85.1 cm³/mol. The number of hydrogen-bond acceptors (Lipinski definition) is 1. The maximum Gasteiger partial charge on any atom is 0.0702 e. The first-order valence-electron chi connectivity index (χ1n) is 7.15. The van der Waals surface area contributed by atoms with Crippen LogP contribution in [0.4, 0.5) is 0 Å². The molecule has 0 bridgehead atoms. The molecule has 3 aromatic rings. The largest absolute Gasteiger partial charge is 0.256 e. The topological polar surface area (TPSA) is 12.9 Å². The van der Waals surface area contributed by atoms with Gasteiger partial charge in [-0.05, 0) is 41.2 Å². The fraction of sp³-hybridized carbons (Fsp3) is 0.211. The van der Waals surface area contributed by atoms with Crippen molar-refractivity contribution in [2.45, 2.75) is 26.2 Å². The third-order valence-electron chi connectivity index (χ3n) is 3.72. The van der Waals surface area contributed by atoms with Crippen LogP contribution >= 0.6 is 0 Å². The molecule has 0 aliphatic carbocycles. The highest BCUT2D eigenvalue weighted by Gasteiger charge is 2.07. The average Bonchev–Trinajstić information content (AvgIpc) is 2.47. The summed E-state index contributed by atoms with van der Waals surface area (Å²) in [5, 5.41) is 1.21. The van der Waals surface area contributed by atoms with Gasteiger partial charge < -0.3 is 0 Å². The van der Waals surface area contributed by atoms with Gasteiger partial charge in [0.25, 0.3) is 0 Å². The molecular weight excluding hydrogens is 242 g/mol. The summed E-state index contributed by atoms with van der Waals surface area (Å²) in [6.45, 7) is 4.49. The summed E-state index contributed by atoms with van der Waals surface area (Å²) in [6.07, 6.45) is 2.95. The zero-order chi connectivity index (χ0) is 13.9. The minimum Gasteiger partial charge on any atom is -0.256 e. The van der Waals surface area contributed by atoms with Crippen LogP contribution in [0.1, 0.15) is 36.5 Å². The van der Waals surface area contributed by atoms with Gasteiger partial charge in [0.2, 0.25) is 0 Å². The van der Waals surface area contributed by atoms with Crippen LogP contribution in [0.25, 0.3) is 10.9 Å². The summed E-state index contributed by atoms with van der Waals surface area (Å²) in [6, 6.07) is 19.2. The summed E-state index contributed by atoms with van der Waals surface area (Å²) in [5.41, 5.74) is 5.17. The third-order valence-corrected chi connectivity index (χ3v) is 3.72. The normalized spacial score (nSPS) is 11.2. The smallest absolute Gasteiger partial charge is 0.0702 e. The Kier molecular flexibility index (Phi) is 3.51. The Labute approximate surface area is 120 Å². The molecule has 0 spiro atoms. The molecule has 0 N–H and O–H groups in total. The van der Waals surface area contributed by atoms with Crippen molar-refractivity contribution in [2.24, 2.45) is 0 Å². The van der Waals surface area contributed by atoms with Gasteiger partial charge >= 0.3 is 0 Å². The first-order chi connectivity index (χ1) is 9.74. The van der Waals surface area contributed by atoms with Gasteiger partial charge in [-0.3, -0.25) is 4.98 Å². The number of nitrogens with zero attached hydrogens (tertiary/aromatic N) is 1. The fourth-order valence-corrected chi connectivity index (χ4v) is 2.69. The molecule has 2 aromatic carbocycles. The van der Waals surface area contributed by atoms with Gasteiger partial charge in [-0.2, -0.15) is 0 Å². The van der Waals surface area contributed by atoms with E-state index in [-0.39, 0.29) is 0 Å². The molecule has 1 heteroatoms. The van der Waals surface area contributed by atoms with Crippen molar-refractivity contribution in [1.29, 1.82) is 0 Å². The summed E-state index contributed by atoms with van der Waals surface area (Å²) >= 11 is 0. The molecule has 100 valence electrons. The fourth-order valence-electron chi connectivity index (χ4n) is 2.69. The second-order valence-corrected chi connectivity index (χ2v) is 5.57. The van der Waals surface area contributed by atoms with E-state index in [2.05, 4.69) is 67.4 Å². The molecule has 0 atom stereocenters. The van der Waals surface area contributed by atoms with Crippen molar-refractivity contribution in [2.75, 3.05) is 0 Å². The molecule has 0 fully saturated rings. The van der Waals surface area contributed by atoms with E-state index in [1.54, 1.807) is 0 Å². The van der Waals surface area contributed by atoms with Crippen LogP contribution in [-0.2, 0) is 6.42 Å². The van der Waals surface area contributed by atoms with Crippen LogP contribution in [0, 0.1) is 0 Å². The second kappa shape index (κ2) is 5.46. The van der Waals surface area contributed by atoms with Crippen molar-refractivity contribution in [3.8, 4) is 0 Å². The first-order valence-corrected chi connectivity index (χ1v) is 7.15. The number of benzene rings is 2. The summed E-state index contributed by atoms with van der Waals surface area (Å²) < 4.78 is 0. The van der Waals surface area contributed by atoms with E-state index in [9.17, 15) is 0 Å². The van der Waals surface area contributed by atoms with E-state index in [0.29, 0.717) is 5.92 Å².